The predicted octanol–water partition coefficient (Wildman–Crippen LogP) is 3.42. The van der Waals surface area contributed by atoms with Crippen LogP contribution in [0.25, 0.3) is 10.8 Å². The maximum Gasteiger partial charge on any atom is 0.335 e. The van der Waals surface area contributed by atoms with E-state index in [4.69, 9.17) is 4.74 Å². The number of amides is 1. The number of nitrogens with one attached hydrogen (secondary N) is 2. The molecule has 0 saturated heterocycles. The number of phenols is 1. The van der Waals surface area contributed by atoms with Crippen molar-refractivity contribution in [2.45, 2.75) is 33.6 Å². The second kappa shape index (κ2) is 8.89. The topological polar surface area (TPSA) is 87.7 Å². The quantitative estimate of drug-likeness (QED) is 0.402. The first-order valence-electron chi connectivity index (χ1n) is 8.62. The van der Waals surface area contributed by atoms with Gasteiger partial charge in [-0.2, -0.15) is 0 Å². The molecular weight excluding hydrogens is 332 g/mol. The number of hydrogen-bond donors (Lipinski definition) is 3. The molecular formula is C20H24N2O4. The highest BCUT2D eigenvalue weighted by Gasteiger charge is 2.16. The van der Waals surface area contributed by atoms with Crippen molar-refractivity contribution in [2.24, 2.45) is 0 Å². The van der Waals surface area contributed by atoms with E-state index in [0.717, 1.165) is 17.2 Å². The fourth-order valence-electron chi connectivity index (χ4n) is 2.61. The minimum atomic E-state index is -0.493. The van der Waals surface area contributed by atoms with Crippen molar-refractivity contribution in [3.8, 4) is 5.75 Å². The van der Waals surface area contributed by atoms with Crippen molar-refractivity contribution in [1.82, 2.24) is 10.9 Å². The summed E-state index contributed by atoms with van der Waals surface area (Å²) >= 11 is 0. The van der Waals surface area contributed by atoms with Crippen LogP contribution in [0.3, 0.4) is 0 Å². The third kappa shape index (κ3) is 4.53. The Hall–Kier alpha value is -3.02. The number of allylic oxidation sites excluding steroid dienone is 1. The van der Waals surface area contributed by atoms with Crippen LogP contribution in [0.1, 0.15) is 44.0 Å². The highest BCUT2D eigenvalue weighted by atomic mass is 16.5. The van der Waals surface area contributed by atoms with Crippen LogP contribution in [0.15, 0.2) is 47.7 Å². The Morgan fingerprint density at radius 2 is 1.73 bits per heavy atom. The Morgan fingerprint density at radius 1 is 1.08 bits per heavy atom. The first kappa shape index (κ1) is 19.3. The van der Waals surface area contributed by atoms with Gasteiger partial charge >= 0.3 is 5.97 Å². The summed E-state index contributed by atoms with van der Waals surface area (Å²) in [6.45, 7) is 5.69. The van der Waals surface area contributed by atoms with E-state index in [1.54, 1.807) is 26.0 Å². The van der Waals surface area contributed by atoms with Crippen LogP contribution in [0, 0.1) is 0 Å². The minimum Gasteiger partial charge on any atom is -0.507 e. The Labute approximate surface area is 152 Å². The largest absolute Gasteiger partial charge is 0.507 e. The smallest absolute Gasteiger partial charge is 0.335 e. The lowest BCUT2D eigenvalue weighted by Crippen LogP contribution is -2.37. The third-order valence-corrected chi connectivity index (χ3v) is 3.95. The van der Waals surface area contributed by atoms with Gasteiger partial charge in [0.1, 0.15) is 5.75 Å². The lowest BCUT2D eigenvalue weighted by molar-refractivity contribution is -0.138. The summed E-state index contributed by atoms with van der Waals surface area (Å²) in [5.41, 5.74) is 6.42. The number of aromatic hydroxyl groups is 1. The summed E-state index contributed by atoms with van der Waals surface area (Å²) in [7, 11) is 0. The SMILES string of the molecule is CCCC(C(=O)OCC)=C(C)NNC(=O)c1cc2ccccc2cc1O. The number of hydrogen-bond acceptors (Lipinski definition) is 5. The van der Waals surface area contributed by atoms with E-state index < -0.39 is 11.9 Å². The molecule has 26 heavy (non-hydrogen) atoms. The summed E-state index contributed by atoms with van der Waals surface area (Å²) in [6, 6.07) is 10.6. The highest BCUT2D eigenvalue weighted by molar-refractivity contribution is 6.01. The van der Waals surface area contributed by atoms with Gasteiger partial charge in [0.05, 0.1) is 17.7 Å². The van der Waals surface area contributed by atoms with Crippen LogP contribution in [0.2, 0.25) is 0 Å². The average Bonchev–Trinajstić information content (AvgIpc) is 2.63. The first-order valence-corrected chi connectivity index (χ1v) is 8.62. The standard InChI is InChI=1S/C20H24N2O4/c1-4-8-16(20(25)26-5-2)13(3)21-22-19(24)17-11-14-9-6-7-10-15(14)12-18(17)23/h6-7,9-12,21,23H,4-5,8H2,1-3H3,(H,22,24). The van der Waals surface area contributed by atoms with Crippen LogP contribution in [0.5, 0.6) is 5.75 Å². The number of esters is 1. The zero-order valence-corrected chi connectivity index (χ0v) is 15.3. The van der Waals surface area contributed by atoms with Crippen molar-refractivity contribution >= 4 is 22.6 Å². The van der Waals surface area contributed by atoms with Gasteiger partial charge in [0.25, 0.3) is 5.91 Å². The summed E-state index contributed by atoms with van der Waals surface area (Å²) in [5, 5.41) is 11.8. The lowest BCUT2D eigenvalue weighted by Gasteiger charge is -2.14. The van der Waals surface area contributed by atoms with Gasteiger partial charge in [-0.3, -0.25) is 10.2 Å². The van der Waals surface area contributed by atoms with Crippen molar-refractivity contribution in [1.29, 1.82) is 0 Å². The van der Waals surface area contributed by atoms with Crippen molar-refractivity contribution < 1.29 is 19.4 Å². The third-order valence-electron chi connectivity index (χ3n) is 3.95. The average molecular weight is 356 g/mol. The summed E-state index contributed by atoms with van der Waals surface area (Å²) in [6.07, 6.45) is 1.31. The Morgan fingerprint density at radius 3 is 2.35 bits per heavy atom. The number of carbonyl (C=O) groups is 2. The van der Waals surface area contributed by atoms with E-state index in [1.165, 1.54) is 0 Å². The fraction of sp³-hybridized carbons (Fsp3) is 0.300. The summed E-state index contributed by atoms with van der Waals surface area (Å²) in [5.74, 6) is -1.00. The molecule has 2 aromatic carbocycles. The number of ether oxygens (including phenoxy) is 1. The zero-order chi connectivity index (χ0) is 19.1. The summed E-state index contributed by atoms with van der Waals surface area (Å²) < 4.78 is 5.05. The van der Waals surface area contributed by atoms with Gasteiger partial charge < -0.3 is 15.3 Å². The molecule has 2 rings (SSSR count). The van der Waals surface area contributed by atoms with Crippen molar-refractivity contribution in [3.63, 3.8) is 0 Å². The number of carbonyl (C=O) groups excluding carboxylic acids is 2. The molecule has 0 fully saturated rings. The van der Waals surface area contributed by atoms with Gasteiger partial charge in [-0.05, 0) is 43.2 Å². The van der Waals surface area contributed by atoms with E-state index in [2.05, 4.69) is 10.9 Å². The van der Waals surface area contributed by atoms with Gasteiger partial charge in [0.15, 0.2) is 0 Å². The zero-order valence-electron chi connectivity index (χ0n) is 15.3. The van der Waals surface area contributed by atoms with Gasteiger partial charge in [-0.1, -0.05) is 37.6 Å². The Bertz CT molecular complexity index is 843. The van der Waals surface area contributed by atoms with Gasteiger partial charge in [-0.15, -0.1) is 0 Å². The summed E-state index contributed by atoms with van der Waals surface area (Å²) in [4.78, 5) is 24.4. The molecule has 138 valence electrons. The van der Waals surface area contributed by atoms with Gasteiger partial charge in [0.2, 0.25) is 0 Å². The van der Waals surface area contributed by atoms with E-state index in [9.17, 15) is 14.7 Å². The molecule has 0 bridgehead atoms. The van der Waals surface area contributed by atoms with Crippen LogP contribution in [-0.2, 0) is 9.53 Å². The van der Waals surface area contributed by atoms with Gasteiger partial charge in [-0.25, -0.2) is 4.79 Å². The molecule has 6 heteroatoms. The first-order chi connectivity index (χ1) is 12.5. The highest BCUT2D eigenvalue weighted by Crippen LogP contribution is 2.24. The molecule has 0 saturated carbocycles. The molecule has 0 aliphatic heterocycles. The van der Waals surface area contributed by atoms with Crippen LogP contribution in [0.4, 0.5) is 0 Å². The molecule has 0 aromatic heterocycles. The number of benzene rings is 2. The molecule has 0 spiro atoms. The molecule has 0 aliphatic rings. The van der Waals surface area contributed by atoms with E-state index >= 15 is 0 Å². The van der Waals surface area contributed by atoms with E-state index in [-0.39, 0.29) is 17.9 Å². The predicted molar refractivity (Wildman–Crippen MR) is 100 cm³/mol. The molecule has 3 N–H and O–H groups in total. The monoisotopic (exact) mass is 356 g/mol. The van der Waals surface area contributed by atoms with Gasteiger partial charge in [0, 0.05) is 5.70 Å². The lowest BCUT2D eigenvalue weighted by atomic mass is 10.1. The number of phenolic OH excluding ortho intramolecular Hbond substituents is 1. The van der Waals surface area contributed by atoms with Crippen LogP contribution < -0.4 is 10.9 Å². The Balaban J connectivity index is 2.17. The van der Waals surface area contributed by atoms with Crippen LogP contribution in [-0.4, -0.2) is 23.6 Å². The number of fused-ring (bicyclic) bond motifs is 1. The van der Waals surface area contributed by atoms with E-state index in [0.29, 0.717) is 17.7 Å². The molecule has 0 heterocycles. The molecule has 0 atom stereocenters. The molecule has 6 nitrogen and oxygen atoms in total. The number of rotatable bonds is 7. The second-order valence-electron chi connectivity index (χ2n) is 5.87. The molecule has 1 amide bonds. The van der Waals surface area contributed by atoms with Crippen LogP contribution >= 0.6 is 0 Å². The maximum absolute atomic E-state index is 12.4. The second-order valence-corrected chi connectivity index (χ2v) is 5.87. The number of hydrazine groups is 1. The molecule has 0 unspecified atom stereocenters. The van der Waals surface area contributed by atoms with Crippen molar-refractivity contribution in [3.05, 3.63) is 53.2 Å². The van der Waals surface area contributed by atoms with E-state index in [1.807, 2.05) is 31.2 Å². The minimum absolute atomic E-state index is 0.108. The molecule has 0 aliphatic carbocycles. The fourth-order valence-corrected chi connectivity index (χ4v) is 2.61. The van der Waals surface area contributed by atoms with Crippen molar-refractivity contribution in [2.75, 3.05) is 6.61 Å². The normalized spacial score (nSPS) is 11.7. The molecule has 2 aromatic rings. The Kier molecular flexibility index (Phi) is 6.60. The molecule has 0 radical (unpaired) electrons. The maximum atomic E-state index is 12.4.